The molecule has 1 atom stereocenters. The molecule has 0 aliphatic heterocycles. The first-order valence-electron chi connectivity index (χ1n) is 10.4. The van der Waals surface area contributed by atoms with Gasteiger partial charge in [-0.3, -0.25) is 13.9 Å². The molecule has 2 aromatic rings. The Morgan fingerprint density at radius 3 is 2.48 bits per heavy atom. The number of carbonyl (C=O) groups excluding carboxylic acids is 2. The minimum atomic E-state index is -3.82. The van der Waals surface area contributed by atoms with Crippen LogP contribution in [0.1, 0.15) is 25.0 Å². The molecule has 0 saturated heterocycles. The number of carbonyl (C=O) groups is 2. The molecule has 0 radical (unpaired) electrons. The van der Waals surface area contributed by atoms with E-state index in [2.05, 4.69) is 5.32 Å². The standard InChI is InChI=1S/C23H30ClN3O5S/c1-6-25-23(29)17(3)26(14-18-8-7-9-20(12-18)32-4)22(28)15-27(33(5,30)31)21-13-19(24)11-10-16(21)2/h7-13,17H,6,14-15H2,1-5H3,(H,25,29)/t17-/m1/s1. The monoisotopic (exact) mass is 495 g/mol. The number of nitrogens with one attached hydrogen (secondary N) is 1. The summed E-state index contributed by atoms with van der Waals surface area (Å²) in [6.45, 7) is 5.15. The van der Waals surface area contributed by atoms with Gasteiger partial charge in [-0.15, -0.1) is 0 Å². The van der Waals surface area contributed by atoms with E-state index in [1.165, 1.54) is 18.1 Å². The number of halogens is 1. The van der Waals surface area contributed by atoms with Crippen molar-refractivity contribution in [3.05, 3.63) is 58.6 Å². The number of hydrogen-bond donors (Lipinski definition) is 1. The van der Waals surface area contributed by atoms with E-state index in [0.717, 1.165) is 16.1 Å². The van der Waals surface area contributed by atoms with Gasteiger partial charge in [0.05, 0.1) is 19.1 Å². The molecule has 0 aromatic heterocycles. The maximum atomic E-state index is 13.5. The van der Waals surface area contributed by atoms with Gasteiger partial charge in [0.15, 0.2) is 0 Å². The van der Waals surface area contributed by atoms with Gasteiger partial charge in [-0.1, -0.05) is 29.8 Å². The van der Waals surface area contributed by atoms with Crippen LogP contribution in [0.2, 0.25) is 5.02 Å². The number of sulfonamides is 1. The van der Waals surface area contributed by atoms with E-state index in [1.807, 2.05) is 6.07 Å². The molecule has 0 saturated carbocycles. The third-order valence-electron chi connectivity index (χ3n) is 5.12. The zero-order valence-electron chi connectivity index (χ0n) is 19.5. The Bertz CT molecular complexity index is 1110. The van der Waals surface area contributed by atoms with Crippen LogP contribution < -0.4 is 14.4 Å². The molecule has 10 heteroatoms. The Balaban J connectivity index is 2.44. The molecule has 0 aliphatic rings. The molecule has 2 aromatic carbocycles. The van der Waals surface area contributed by atoms with Crippen molar-refractivity contribution in [2.45, 2.75) is 33.4 Å². The van der Waals surface area contributed by atoms with Crippen LogP contribution in [-0.2, 0) is 26.2 Å². The Kier molecular flexibility index (Phi) is 9.13. The van der Waals surface area contributed by atoms with Crippen LogP contribution >= 0.6 is 11.6 Å². The fourth-order valence-electron chi connectivity index (χ4n) is 3.32. The lowest BCUT2D eigenvalue weighted by atomic mass is 10.1. The summed E-state index contributed by atoms with van der Waals surface area (Å²) in [5.74, 6) is -0.252. The number of ether oxygens (including phenoxy) is 1. The number of nitrogens with zero attached hydrogens (tertiary/aromatic N) is 2. The Hall–Kier alpha value is -2.78. The fraction of sp³-hybridized carbons (Fsp3) is 0.391. The van der Waals surface area contributed by atoms with Crippen LogP contribution in [0.25, 0.3) is 0 Å². The second kappa shape index (κ2) is 11.4. The van der Waals surface area contributed by atoms with Crippen molar-refractivity contribution >= 4 is 39.1 Å². The van der Waals surface area contributed by atoms with Gasteiger partial charge in [-0.25, -0.2) is 8.42 Å². The molecular formula is C23H30ClN3O5S. The number of hydrogen-bond acceptors (Lipinski definition) is 5. The highest BCUT2D eigenvalue weighted by Gasteiger charge is 2.30. The molecule has 0 aliphatic carbocycles. The number of rotatable bonds is 10. The average molecular weight is 496 g/mol. The fourth-order valence-corrected chi connectivity index (χ4v) is 4.38. The molecule has 2 rings (SSSR count). The molecule has 2 amide bonds. The number of anilines is 1. The number of aryl methyl sites for hydroxylation is 1. The van der Waals surface area contributed by atoms with E-state index < -0.39 is 28.5 Å². The van der Waals surface area contributed by atoms with Crippen LogP contribution in [0.5, 0.6) is 5.75 Å². The van der Waals surface area contributed by atoms with E-state index in [4.69, 9.17) is 16.3 Å². The van der Waals surface area contributed by atoms with Crippen LogP contribution in [0.4, 0.5) is 5.69 Å². The summed E-state index contributed by atoms with van der Waals surface area (Å²) in [5, 5.41) is 3.06. The third-order valence-corrected chi connectivity index (χ3v) is 6.49. The molecule has 33 heavy (non-hydrogen) atoms. The van der Waals surface area contributed by atoms with Gasteiger partial charge in [0.1, 0.15) is 18.3 Å². The van der Waals surface area contributed by atoms with Gasteiger partial charge in [-0.2, -0.15) is 0 Å². The highest BCUT2D eigenvalue weighted by molar-refractivity contribution is 7.92. The summed E-state index contributed by atoms with van der Waals surface area (Å²) in [5.41, 5.74) is 1.70. The zero-order chi connectivity index (χ0) is 24.8. The predicted octanol–water partition coefficient (Wildman–Crippen LogP) is 2.98. The van der Waals surface area contributed by atoms with E-state index in [-0.39, 0.29) is 12.5 Å². The van der Waals surface area contributed by atoms with Crippen molar-refractivity contribution in [1.29, 1.82) is 0 Å². The molecule has 0 fully saturated rings. The van der Waals surface area contributed by atoms with Gasteiger partial charge >= 0.3 is 0 Å². The maximum Gasteiger partial charge on any atom is 0.244 e. The Morgan fingerprint density at radius 1 is 1.18 bits per heavy atom. The van der Waals surface area contributed by atoms with Gasteiger partial charge < -0.3 is 15.0 Å². The predicted molar refractivity (Wildman–Crippen MR) is 130 cm³/mol. The normalized spacial score (nSPS) is 12.1. The van der Waals surface area contributed by atoms with Crippen molar-refractivity contribution in [2.75, 3.05) is 30.8 Å². The van der Waals surface area contributed by atoms with E-state index in [1.54, 1.807) is 51.1 Å². The smallest absolute Gasteiger partial charge is 0.244 e. The summed E-state index contributed by atoms with van der Waals surface area (Å²) >= 11 is 6.09. The summed E-state index contributed by atoms with van der Waals surface area (Å²) < 4.78 is 31.5. The van der Waals surface area contributed by atoms with Crippen molar-refractivity contribution < 1.29 is 22.7 Å². The summed E-state index contributed by atoms with van der Waals surface area (Å²) in [6, 6.07) is 11.1. The van der Waals surface area contributed by atoms with Crippen LogP contribution in [0.3, 0.4) is 0 Å². The third kappa shape index (κ3) is 7.10. The molecule has 0 unspecified atom stereocenters. The Morgan fingerprint density at radius 2 is 1.88 bits per heavy atom. The number of likely N-dealkylation sites (N-methyl/N-ethyl adjacent to an activating group) is 1. The van der Waals surface area contributed by atoms with Crippen LogP contribution in [0.15, 0.2) is 42.5 Å². The minimum absolute atomic E-state index is 0.0977. The second-order valence-electron chi connectivity index (χ2n) is 7.64. The first-order chi connectivity index (χ1) is 15.5. The highest BCUT2D eigenvalue weighted by Crippen LogP contribution is 2.27. The lowest BCUT2D eigenvalue weighted by molar-refractivity contribution is -0.139. The van der Waals surface area contributed by atoms with Gasteiger partial charge in [-0.05, 0) is 56.2 Å². The lowest BCUT2D eigenvalue weighted by Gasteiger charge is -2.32. The van der Waals surface area contributed by atoms with Gasteiger partial charge in [0.25, 0.3) is 0 Å². The van der Waals surface area contributed by atoms with Crippen molar-refractivity contribution in [3.8, 4) is 5.75 Å². The lowest BCUT2D eigenvalue weighted by Crippen LogP contribution is -2.51. The molecule has 1 N–H and O–H groups in total. The zero-order valence-corrected chi connectivity index (χ0v) is 21.0. The number of methoxy groups -OCH3 is 1. The number of benzene rings is 2. The number of amides is 2. The van der Waals surface area contributed by atoms with Crippen LogP contribution in [0, 0.1) is 6.92 Å². The summed E-state index contributed by atoms with van der Waals surface area (Å²) in [7, 11) is -2.28. The van der Waals surface area contributed by atoms with Gasteiger partial charge in [0, 0.05) is 18.1 Å². The molecule has 180 valence electrons. The minimum Gasteiger partial charge on any atom is -0.497 e. The molecule has 0 heterocycles. The average Bonchev–Trinajstić information content (AvgIpc) is 2.76. The first kappa shape index (κ1) is 26.5. The van der Waals surface area contributed by atoms with Crippen molar-refractivity contribution in [2.24, 2.45) is 0 Å². The quantitative estimate of drug-likeness (QED) is 0.546. The molecule has 0 spiro atoms. The SMILES string of the molecule is CCNC(=O)[C@@H](C)N(Cc1cccc(OC)c1)C(=O)CN(c1cc(Cl)ccc1C)S(C)(=O)=O. The van der Waals surface area contributed by atoms with E-state index in [0.29, 0.717) is 28.6 Å². The Labute approximate surface area is 200 Å². The largest absolute Gasteiger partial charge is 0.497 e. The molecule has 8 nitrogen and oxygen atoms in total. The second-order valence-corrected chi connectivity index (χ2v) is 9.99. The van der Waals surface area contributed by atoms with E-state index in [9.17, 15) is 18.0 Å². The van der Waals surface area contributed by atoms with Gasteiger partial charge in [0.2, 0.25) is 21.8 Å². The summed E-state index contributed by atoms with van der Waals surface area (Å²) in [6.07, 6.45) is 1.03. The van der Waals surface area contributed by atoms with E-state index >= 15 is 0 Å². The summed E-state index contributed by atoms with van der Waals surface area (Å²) in [4.78, 5) is 27.4. The first-order valence-corrected chi connectivity index (χ1v) is 12.6. The van der Waals surface area contributed by atoms with Crippen molar-refractivity contribution in [1.82, 2.24) is 10.2 Å². The van der Waals surface area contributed by atoms with Crippen LogP contribution in [-0.4, -0.2) is 57.6 Å². The molecule has 0 bridgehead atoms. The maximum absolute atomic E-state index is 13.5. The van der Waals surface area contributed by atoms with Crippen molar-refractivity contribution in [3.63, 3.8) is 0 Å². The highest BCUT2D eigenvalue weighted by atomic mass is 35.5. The molecular weight excluding hydrogens is 466 g/mol. The topological polar surface area (TPSA) is 96.0 Å².